The molecule has 0 fully saturated rings. The maximum Gasteiger partial charge on any atom is 0.128 e. The first-order valence-electron chi connectivity index (χ1n) is 6.42. The Morgan fingerprint density at radius 2 is 1.95 bits per heavy atom. The van der Waals surface area contributed by atoms with Gasteiger partial charge in [0.25, 0.3) is 0 Å². The standard InChI is InChI=1S/C16H17FO3S/c1-19-12-6-7-14(16(9-12)20-2)15(18)10-21-13-5-3-4-11(17)8-13/h3-9,15,18H,10H2,1-2H3. The zero-order chi connectivity index (χ0) is 15.2. The summed E-state index contributed by atoms with van der Waals surface area (Å²) in [5.74, 6) is 1.37. The fraction of sp³-hybridized carbons (Fsp3) is 0.250. The smallest absolute Gasteiger partial charge is 0.128 e. The van der Waals surface area contributed by atoms with E-state index in [9.17, 15) is 9.50 Å². The minimum atomic E-state index is -0.709. The Hall–Kier alpha value is -1.72. The number of aliphatic hydroxyl groups excluding tert-OH is 1. The van der Waals surface area contributed by atoms with E-state index in [1.54, 1.807) is 38.5 Å². The summed E-state index contributed by atoms with van der Waals surface area (Å²) in [6.07, 6.45) is -0.709. The molecule has 5 heteroatoms. The molecule has 0 radical (unpaired) electrons. The lowest BCUT2D eigenvalue weighted by atomic mass is 10.1. The predicted molar refractivity (Wildman–Crippen MR) is 81.6 cm³/mol. The topological polar surface area (TPSA) is 38.7 Å². The van der Waals surface area contributed by atoms with Gasteiger partial charge >= 0.3 is 0 Å². The lowest BCUT2D eigenvalue weighted by molar-refractivity contribution is 0.199. The first-order chi connectivity index (χ1) is 10.1. The maximum atomic E-state index is 13.1. The van der Waals surface area contributed by atoms with E-state index in [1.807, 2.05) is 6.07 Å². The van der Waals surface area contributed by atoms with Crippen LogP contribution in [0.15, 0.2) is 47.4 Å². The number of ether oxygens (including phenoxy) is 2. The number of methoxy groups -OCH3 is 2. The summed E-state index contributed by atoms with van der Waals surface area (Å²) < 4.78 is 23.5. The van der Waals surface area contributed by atoms with Crippen LogP contribution in [0.3, 0.4) is 0 Å². The average Bonchev–Trinajstić information content (AvgIpc) is 2.52. The number of rotatable bonds is 6. The van der Waals surface area contributed by atoms with Gasteiger partial charge in [0.1, 0.15) is 17.3 Å². The summed E-state index contributed by atoms with van der Waals surface area (Å²) in [6, 6.07) is 11.6. The van der Waals surface area contributed by atoms with Gasteiger partial charge in [-0.3, -0.25) is 0 Å². The highest BCUT2D eigenvalue weighted by atomic mass is 32.2. The molecule has 1 N–H and O–H groups in total. The molecule has 1 unspecified atom stereocenters. The molecule has 0 spiro atoms. The molecule has 112 valence electrons. The third-order valence-electron chi connectivity index (χ3n) is 3.00. The van der Waals surface area contributed by atoms with Gasteiger partial charge < -0.3 is 14.6 Å². The van der Waals surface area contributed by atoms with E-state index in [-0.39, 0.29) is 5.82 Å². The van der Waals surface area contributed by atoms with E-state index in [4.69, 9.17) is 9.47 Å². The van der Waals surface area contributed by atoms with Gasteiger partial charge in [-0.05, 0) is 30.3 Å². The van der Waals surface area contributed by atoms with Crippen molar-refractivity contribution in [3.63, 3.8) is 0 Å². The molecule has 0 saturated heterocycles. The third-order valence-corrected chi connectivity index (χ3v) is 4.07. The highest BCUT2D eigenvalue weighted by molar-refractivity contribution is 7.99. The molecule has 0 heterocycles. The summed E-state index contributed by atoms with van der Waals surface area (Å²) >= 11 is 1.39. The van der Waals surface area contributed by atoms with Crippen molar-refractivity contribution in [2.24, 2.45) is 0 Å². The molecular weight excluding hydrogens is 291 g/mol. The van der Waals surface area contributed by atoms with Gasteiger partial charge in [-0.2, -0.15) is 0 Å². The van der Waals surface area contributed by atoms with Crippen LogP contribution in [-0.2, 0) is 0 Å². The van der Waals surface area contributed by atoms with E-state index in [0.717, 1.165) is 4.90 Å². The van der Waals surface area contributed by atoms with Gasteiger partial charge in [-0.15, -0.1) is 11.8 Å². The summed E-state index contributed by atoms with van der Waals surface area (Å²) in [4.78, 5) is 0.779. The van der Waals surface area contributed by atoms with Crippen LogP contribution in [0.1, 0.15) is 11.7 Å². The van der Waals surface area contributed by atoms with Crippen LogP contribution in [0, 0.1) is 5.82 Å². The summed E-state index contributed by atoms with van der Waals surface area (Å²) in [7, 11) is 3.12. The minimum Gasteiger partial charge on any atom is -0.497 e. The number of benzene rings is 2. The molecule has 0 amide bonds. The van der Waals surface area contributed by atoms with Crippen LogP contribution in [0.4, 0.5) is 4.39 Å². The van der Waals surface area contributed by atoms with E-state index < -0.39 is 6.10 Å². The summed E-state index contributed by atoms with van der Waals surface area (Å²) in [5.41, 5.74) is 0.683. The number of thioether (sulfide) groups is 1. The van der Waals surface area contributed by atoms with E-state index >= 15 is 0 Å². The van der Waals surface area contributed by atoms with Crippen LogP contribution in [0.2, 0.25) is 0 Å². The van der Waals surface area contributed by atoms with E-state index in [0.29, 0.717) is 22.8 Å². The Bertz CT molecular complexity index is 604. The lowest BCUT2D eigenvalue weighted by Crippen LogP contribution is -2.03. The van der Waals surface area contributed by atoms with E-state index in [1.165, 1.54) is 23.9 Å². The first-order valence-corrected chi connectivity index (χ1v) is 7.41. The zero-order valence-electron chi connectivity index (χ0n) is 11.9. The fourth-order valence-corrected chi connectivity index (χ4v) is 2.82. The Morgan fingerprint density at radius 1 is 1.14 bits per heavy atom. The number of hydrogen-bond donors (Lipinski definition) is 1. The van der Waals surface area contributed by atoms with Gasteiger partial charge in [-0.1, -0.05) is 6.07 Å². The van der Waals surface area contributed by atoms with Crippen molar-refractivity contribution >= 4 is 11.8 Å². The molecule has 0 bridgehead atoms. The van der Waals surface area contributed by atoms with Gasteiger partial charge in [0, 0.05) is 22.3 Å². The quantitative estimate of drug-likeness (QED) is 0.827. The van der Waals surface area contributed by atoms with Crippen molar-refractivity contribution in [3.8, 4) is 11.5 Å². The normalized spacial score (nSPS) is 12.0. The second kappa shape index (κ2) is 7.33. The summed E-state index contributed by atoms with van der Waals surface area (Å²) in [6.45, 7) is 0. The number of aliphatic hydroxyl groups is 1. The molecule has 1 atom stereocenters. The average molecular weight is 308 g/mol. The van der Waals surface area contributed by atoms with Crippen molar-refractivity contribution in [3.05, 3.63) is 53.8 Å². The van der Waals surface area contributed by atoms with Crippen LogP contribution >= 0.6 is 11.8 Å². The SMILES string of the molecule is COc1ccc(C(O)CSc2cccc(F)c2)c(OC)c1. The molecule has 2 rings (SSSR count). The van der Waals surface area contributed by atoms with Crippen molar-refractivity contribution < 1.29 is 19.0 Å². The zero-order valence-corrected chi connectivity index (χ0v) is 12.7. The van der Waals surface area contributed by atoms with Crippen molar-refractivity contribution in [1.29, 1.82) is 0 Å². The molecule has 0 saturated carbocycles. The van der Waals surface area contributed by atoms with Gasteiger partial charge in [0.2, 0.25) is 0 Å². The molecular formula is C16H17FO3S. The van der Waals surface area contributed by atoms with Gasteiger partial charge in [0.05, 0.1) is 20.3 Å². The van der Waals surface area contributed by atoms with Crippen LogP contribution < -0.4 is 9.47 Å². The molecule has 0 aliphatic heterocycles. The van der Waals surface area contributed by atoms with Crippen molar-refractivity contribution in [1.82, 2.24) is 0 Å². The van der Waals surface area contributed by atoms with Gasteiger partial charge in [-0.25, -0.2) is 4.39 Å². The molecule has 2 aromatic carbocycles. The van der Waals surface area contributed by atoms with Gasteiger partial charge in [0.15, 0.2) is 0 Å². The van der Waals surface area contributed by atoms with E-state index in [2.05, 4.69) is 0 Å². The van der Waals surface area contributed by atoms with Crippen molar-refractivity contribution in [2.45, 2.75) is 11.0 Å². The largest absolute Gasteiger partial charge is 0.497 e. The Balaban J connectivity index is 2.07. The summed E-state index contributed by atoms with van der Waals surface area (Å²) in [5, 5.41) is 10.3. The Morgan fingerprint density at radius 3 is 2.62 bits per heavy atom. The first kappa shape index (κ1) is 15.7. The lowest BCUT2D eigenvalue weighted by Gasteiger charge is -2.15. The fourth-order valence-electron chi connectivity index (χ4n) is 1.92. The molecule has 0 aromatic heterocycles. The van der Waals surface area contributed by atoms with Crippen LogP contribution in [-0.4, -0.2) is 25.1 Å². The Labute approximate surface area is 127 Å². The van der Waals surface area contributed by atoms with Crippen LogP contribution in [0.5, 0.6) is 11.5 Å². The molecule has 0 aliphatic rings. The second-order valence-corrected chi connectivity index (χ2v) is 5.49. The van der Waals surface area contributed by atoms with Crippen molar-refractivity contribution in [2.75, 3.05) is 20.0 Å². The maximum absolute atomic E-state index is 13.1. The molecule has 0 aliphatic carbocycles. The van der Waals surface area contributed by atoms with Crippen LogP contribution in [0.25, 0.3) is 0 Å². The molecule has 2 aromatic rings. The highest BCUT2D eigenvalue weighted by Crippen LogP contribution is 2.32. The Kier molecular flexibility index (Phi) is 5.47. The number of halogens is 1. The number of hydrogen-bond acceptors (Lipinski definition) is 4. The third kappa shape index (κ3) is 4.12. The highest BCUT2D eigenvalue weighted by Gasteiger charge is 2.14. The minimum absolute atomic E-state index is 0.281. The monoisotopic (exact) mass is 308 g/mol. The predicted octanol–water partition coefficient (Wildman–Crippen LogP) is 3.67. The molecule has 3 nitrogen and oxygen atoms in total. The second-order valence-electron chi connectivity index (χ2n) is 4.39. The molecule has 21 heavy (non-hydrogen) atoms.